The molecule has 4 nitrogen and oxygen atoms in total. The van der Waals surface area contributed by atoms with E-state index in [4.69, 9.17) is 0 Å². The lowest BCUT2D eigenvalue weighted by molar-refractivity contribution is 0.0539. The van der Waals surface area contributed by atoms with Crippen molar-refractivity contribution in [1.82, 2.24) is 9.80 Å². The lowest BCUT2D eigenvalue weighted by Crippen LogP contribution is -2.40. The van der Waals surface area contributed by atoms with Crippen molar-refractivity contribution >= 4 is 5.91 Å². The molecule has 1 aliphatic heterocycles. The molecule has 1 saturated heterocycles. The number of likely N-dealkylation sites (tertiary alicyclic amines) is 1. The van der Waals surface area contributed by atoms with Crippen LogP contribution in [-0.4, -0.2) is 52.6 Å². The zero-order valence-corrected chi connectivity index (χ0v) is 17.2. The number of carbonyl (C=O) groups is 1. The number of amides is 1. The Morgan fingerprint density at radius 3 is 2.24 bits per heavy atom. The fourth-order valence-electron chi connectivity index (χ4n) is 4.29. The number of piperidine rings is 1. The first kappa shape index (κ1) is 20.1. The molecular weight excluding hydrogens is 360 g/mol. The fourth-order valence-corrected chi connectivity index (χ4v) is 4.29. The van der Waals surface area contributed by atoms with E-state index >= 15 is 0 Å². The van der Waals surface area contributed by atoms with Gasteiger partial charge in [-0.05, 0) is 68.8 Å². The Hall–Kier alpha value is -2.17. The van der Waals surface area contributed by atoms with Crippen LogP contribution in [0, 0.1) is 5.92 Å². The molecule has 0 unspecified atom stereocenters. The molecule has 2 aromatic rings. The molecule has 0 radical (unpaired) electrons. The molecule has 0 spiro atoms. The summed E-state index contributed by atoms with van der Waals surface area (Å²) in [4.78, 5) is 17.4. The minimum atomic E-state index is -0.649. The van der Waals surface area contributed by atoms with Crippen LogP contribution in [0.25, 0.3) is 0 Å². The Labute approximate surface area is 174 Å². The van der Waals surface area contributed by atoms with Crippen molar-refractivity contribution in [3.8, 4) is 0 Å². The van der Waals surface area contributed by atoms with Gasteiger partial charge in [-0.3, -0.25) is 9.69 Å². The minimum Gasteiger partial charge on any atom is -0.388 e. The molecule has 0 atom stereocenters. The summed E-state index contributed by atoms with van der Waals surface area (Å²) in [6.07, 6.45) is 5.01. The van der Waals surface area contributed by atoms with Crippen molar-refractivity contribution in [2.45, 2.75) is 44.2 Å². The van der Waals surface area contributed by atoms with Crippen molar-refractivity contribution in [3.63, 3.8) is 0 Å². The van der Waals surface area contributed by atoms with Crippen LogP contribution in [-0.2, 0) is 6.54 Å². The second kappa shape index (κ2) is 9.10. The zero-order valence-electron chi connectivity index (χ0n) is 17.2. The SMILES string of the molecule is O=C(c1ccccc1)N(CCC1CCN(Cc2ccccc2)CC1)CC1(O)CC1. The number of hydrogen-bond acceptors (Lipinski definition) is 3. The first-order valence-electron chi connectivity index (χ1n) is 10.9. The highest BCUT2D eigenvalue weighted by molar-refractivity contribution is 5.94. The third-order valence-electron chi connectivity index (χ3n) is 6.38. The summed E-state index contributed by atoms with van der Waals surface area (Å²) in [6.45, 7) is 4.47. The third-order valence-corrected chi connectivity index (χ3v) is 6.38. The molecule has 4 rings (SSSR count). The second-order valence-corrected chi connectivity index (χ2v) is 8.81. The molecule has 0 bridgehead atoms. The van der Waals surface area contributed by atoms with Crippen molar-refractivity contribution in [1.29, 1.82) is 0 Å². The molecule has 154 valence electrons. The van der Waals surface area contributed by atoms with Crippen LogP contribution in [0.1, 0.15) is 48.0 Å². The summed E-state index contributed by atoms with van der Waals surface area (Å²) in [5.74, 6) is 0.703. The molecule has 4 heteroatoms. The molecule has 2 aromatic carbocycles. The quantitative estimate of drug-likeness (QED) is 0.740. The van der Waals surface area contributed by atoms with E-state index in [1.807, 2.05) is 35.2 Å². The topological polar surface area (TPSA) is 43.8 Å². The molecule has 2 aliphatic rings. The molecule has 29 heavy (non-hydrogen) atoms. The van der Waals surface area contributed by atoms with Gasteiger partial charge in [-0.15, -0.1) is 0 Å². The van der Waals surface area contributed by atoms with Crippen molar-refractivity contribution in [3.05, 3.63) is 71.8 Å². The van der Waals surface area contributed by atoms with Gasteiger partial charge in [0.05, 0.1) is 5.60 Å². The molecular formula is C25H32N2O2. The van der Waals surface area contributed by atoms with Crippen LogP contribution in [0.3, 0.4) is 0 Å². The minimum absolute atomic E-state index is 0.0486. The Morgan fingerprint density at radius 2 is 1.62 bits per heavy atom. The monoisotopic (exact) mass is 392 g/mol. The van der Waals surface area contributed by atoms with Gasteiger partial charge >= 0.3 is 0 Å². The van der Waals surface area contributed by atoms with Gasteiger partial charge in [0.1, 0.15) is 0 Å². The molecule has 1 aliphatic carbocycles. The lowest BCUT2D eigenvalue weighted by atomic mass is 9.93. The fraction of sp³-hybridized carbons (Fsp3) is 0.480. The lowest BCUT2D eigenvalue weighted by Gasteiger charge is -2.33. The molecule has 2 fully saturated rings. The average molecular weight is 393 g/mol. The largest absolute Gasteiger partial charge is 0.388 e. The Kier molecular flexibility index (Phi) is 6.31. The van der Waals surface area contributed by atoms with Gasteiger partial charge in [0.2, 0.25) is 0 Å². The van der Waals surface area contributed by atoms with Crippen LogP contribution in [0.4, 0.5) is 0 Å². The second-order valence-electron chi connectivity index (χ2n) is 8.81. The van der Waals surface area contributed by atoms with Crippen LogP contribution in [0.5, 0.6) is 0 Å². The third kappa shape index (κ3) is 5.68. The highest BCUT2D eigenvalue weighted by Crippen LogP contribution is 2.36. The maximum Gasteiger partial charge on any atom is 0.253 e. The van der Waals surface area contributed by atoms with Gasteiger partial charge in [-0.2, -0.15) is 0 Å². The van der Waals surface area contributed by atoms with Crippen LogP contribution < -0.4 is 0 Å². The summed E-state index contributed by atoms with van der Waals surface area (Å²) in [7, 11) is 0. The van der Waals surface area contributed by atoms with Gasteiger partial charge in [-0.1, -0.05) is 48.5 Å². The maximum absolute atomic E-state index is 13.0. The highest BCUT2D eigenvalue weighted by atomic mass is 16.3. The van der Waals surface area contributed by atoms with E-state index in [9.17, 15) is 9.90 Å². The Bertz CT molecular complexity index is 781. The standard InChI is InChI=1S/C25H32N2O2/c28-24(23-9-5-2-6-10-23)27(20-25(29)14-15-25)18-13-21-11-16-26(17-12-21)19-22-7-3-1-4-8-22/h1-10,21,29H,11-20H2. The summed E-state index contributed by atoms with van der Waals surface area (Å²) in [6, 6.07) is 20.1. The predicted molar refractivity (Wildman–Crippen MR) is 116 cm³/mol. The summed E-state index contributed by atoms with van der Waals surface area (Å²) >= 11 is 0. The van der Waals surface area contributed by atoms with Crippen LogP contribution in [0.15, 0.2) is 60.7 Å². The van der Waals surface area contributed by atoms with E-state index < -0.39 is 5.60 Å². The molecule has 1 N–H and O–H groups in total. The Balaban J connectivity index is 1.28. The van der Waals surface area contributed by atoms with Gasteiger partial charge in [0.25, 0.3) is 5.91 Å². The number of hydrogen-bond donors (Lipinski definition) is 1. The smallest absolute Gasteiger partial charge is 0.253 e. The molecule has 1 heterocycles. The normalized spacial score (nSPS) is 19.1. The predicted octanol–water partition coefficient (Wildman–Crippen LogP) is 3.96. The van der Waals surface area contributed by atoms with E-state index in [1.54, 1.807) is 0 Å². The first-order chi connectivity index (χ1) is 14.1. The summed E-state index contributed by atoms with van der Waals surface area (Å²) in [5.41, 5.74) is 1.45. The highest BCUT2D eigenvalue weighted by Gasteiger charge is 2.42. The number of rotatable bonds is 8. The van der Waals surface area contributed by atoms with E-state index in [0.717, 1.165) is 51.0 Å². The number of carbonyl (C=O) groups excluding carboxylic acids is 1. The molecule has 1 amide bonds. The van der Waals surface area contributed by atoms with Crippen molar-refractivity contribution in [2.75, 3.05) is 26.2 Å². The number of nitrogens with zero attached hydrogens (tertiary/aromatic N) is 2. The van der Waals surface area contributed by atoms with E-state index in [2.05, 4.69) is 35.2 Å². The average Bonchev–Trinajstić information content (AvgIpc) is 3.50. The van der Waals surface area contributed by atoms with Gasteiger partial charge in [0, 0.05) is 25.2 Å². The van der Waals surface area contributed by atoms with E-state index in [1.165, 1.54) is 18.4 Å². The van der Waals surface area contributed by atoms with Crippen molar-refractivity contribution in [2.24, 2.45) is 5.92 Å². The number of aliphatic hydroxyl groups is 1. The number of benzene rings is 2. The van der Waals surface area contributed by atoms with Gasteiger partial charge < -0.3 is 10.0 Å². The zero-order chi connectivity index (χ0) is 20.1. The van der Waals surface area contributed by atoms with E-state index in [-0.39, 0.29) is 5.91 Å². The molecule has 1 saturated carbocycles. The maximum atomic E-state index is 13.0. The van der Waals surface area contributed by atoms with Crippen LogP contribution >= 0.6 is 0 Å². The summed E-state index contributed by atoms with van der Waals surface area (Å²) in [5, 5.41) is 10.4. The summed E-state index contributed by atoms with van der Waals surface area (Å²) < 4.78 is 0. The Morgan fingerprint density at radius 1 is 1.00 bits per heavy atom. The van der Waals surface area contributed by atoms with E-state index in [0.29, 0.717) is 12.5 Å². The van der Waals surface area contributed by atoms with Gasteiger partial charge in [-0.25, -0.2) is 0 Å². The van der Waals surface area contributed by atoms with Gasteiger partial charge in [0.15, 0.2) is 0 Å². The van der Waals surface area contributed by atoms with Crippen molar-refractivity contribution < 1.29 is 9.90 Å². The first-order valence-corrected chi connectivity index (χ1v) is 10.9. The van der Waals surface area contributed by atoms with Crippen LogP contribution in [0.2, 0.25) is 0 Å². The molecule has 0 aromatic heterocycles.